The van der Waals surface area contributed by atoms with E-state index < -0.39 is 0 Å². The average molecular weight is 261 g/mol. The monoisotopic (exact) mass is 261 g/mol. The molecule has 0 aliphatic rings. The number of rotatable bonds is 4. The number of halogens is 1. The van der Waals surface area contributed by atoms with Crippen molar-refractivity contribution in [1.29, 1.82) is 0 Å². The third-order valence-corrected chi connectivity index (χ3v) is 2.90. The Morgan fingerprint density at radius 1 is 1.26 bits per heavy atom. The van der Waals surface area contributed by atoms with E-state index in [9.17, 15) is 9.18 Å². The lowest BCUT2D eigenvalue weighted by Gasteiger charge is -2.04. The van der Waals surface area contributed by atoms with Gasteiger partial charge in [-0.1, -0.05) is 12.1 Å². The summed E-state index contributed by atoms with van der Waals surface area (Å²) in [5, 5.41) is 2.82. The highest BCUT2D eigenvalue weighted by Crippen LogP contribution is 2.13. The van der Waals surface area contributed by atoms with Crippen LogP contribution < -0.4 is 5.32 Å². The Morgan fingerprint density at radius 2 is 1.95 bits per heavy atom. The Hall–Kier alpha value is -2.10. The molecule has 0 unspecified atom stereocenters. The normalized spacial score (nSPS) is 10.5. The van der Waals surface area contributed by atoms with Gasteiger partial charge in [0.25, 0.3) is 5.91 Å². The van der Waals surface area contributed by atoms with Crippen molar-refractivity contribution in [2.75, 3.05) is 6.54 Å². The van der Waals surface area contributed by atoms with Crippen molar-refractivity contribution in [2.45, 2.75) is 20.3 Å². The SMILES string of the molecule is Cc1cc(C(=O)NCCc2ccc(F)cc2)c(C)o1. The summed E-state index contributed by atoms with van der Waals surface area (Å²) < 4.78 is 18.0. The predicted molar refractivity (Wildman–Crippen MR) is 70.6 cm³/mol. The summed E-state index contributed by atoms with van der Waals surface area (Å²) in [6.45, 7) is 4.08. The molecule has 0 aliphatic heterocycles. The van der Waals surface area contributed by atoms with E-state index in [0.717, 1.165) is 11.3 Å². The van der Waals surface area contributed by atoms with E-state index in [1.54, 1.807) is 25.1 Å². The lowest BCUT2D eigenvalue weighted by atomic mass is 10.1. The highest BCUT2D eigenvalue weighted by Gasteiger charge is 2.12. The van der Waals surface area contributed by atoms with Gasteiger partial charge in [-0.3, -0.25) is 4.79 Å². The molecule has 0 aliphatic carbocycles. The zero-order valence-electron chi connectivity index (χ0n) is 11.0. The topological polar surface area (TPSA) is 42.2 Å². The number of hydrogen-bond acceptors (Lipinski definition) is 2. The molecule has 0 spiro atoms. The third-order valence-electron chi connectivity index (χ3n) is 2.90. The first-order valence-electron chi connectivity index (χ1n) is 6.16. The molecule has 1 N–H and O–H groups in total. The van der Waals surface area contributed by atoms with Gasteiger partial charge in [-0.15, -0.1) is 0 Å². The van der Waals surface area contributed by atoms with Gasteiger partial charge in [-0.25, -0.2) is 4.39 Å². The standard InChI is InChI=1S/C15H16FNO2/c1-10-9-14(11(2)19-10)15(18)17-8-7-12-3-5-13(16)6-4-12/h3-6,9H,7-8H2,1-2H3,(H,17,18). The fourth-order valence-electron chi connectivity index (χ4n) is 1.92. The van der Waals surface area contributed by atoms with Crippen LogP contribution in [0.15, 0.2) is 34.7 Å². The van der Waals surface area contributed by atoms with Gasteiger partial charge < -0.3 is 9.73 Å². The molecule has 100 valence electrons. The number of carbonyl (C=O) groups is 1. The number of amides is 1. The number of nitrogens with one attached hydrogen (secondary N) is 1. The number of carbonyl (C=O) groups excluding carboxylic acids is 1. The number of furan rings is 1. The summed E-state index contributed by atoms with van der Waals surface area (Å²) in [6, 6.07) is 7.99. The van der Waals surface area contributed by atoms with Crippen molar-refractivity contribution in [2.24, 2.45) is 0 Å². The van der Waals surface area contributed by atoms with E-state index in [4.69, 9.17) is 4.42 Å². The summed E-state index contributed by atoms with van der Waals surface area (Å²) in [5.41, 5.74) is 1.55. The van der Waals surface area contributed by atoms with Crippen molar-refractivity contribution >= 4 is 5.91 Å². The average Bonchev–Trinajstić information content (AvgIpc) is 2.71. The maximum absolute atomic E-state index is 12.7. The smallest absolute Gasteiger partial charge is 0.254 e. The van der Waals surface area contributed by atoms with Crippen LogP contribution in [-0.4, -0.2) is 12.5 Å². The van der Waals surface area contributed by atoms with Crippen LogP contribution in [0.1, 0.15) is 27.4 Å². The molecule has 4 heteroatoms. The van der Waals surface area contributed by atoms with Gasteiger partial charge in [0.2, 0.25) is 0 Å². The third kappa shape index (κ3) is 3.44. The Bertz CT molecular complexity index is 572. The fourth-order valence-corrected chi connectivity index (χ4v) is 1.92. The quantitative estimate of drug-likeness (QED) is 0.919. The Labute approximate surface area is 111 Å². The van der Waals surface area contributed by atoms with Crippen molar-refractivity contribution in [1.82, 2.24) is 5.32 Å². The van der Waals surface area contributed by atoms with Gasteiger partial charge in [0, 0.05) is 6.54 Å². The molecule has 19 heavy (non-hydrogen) atoms. The molecular weight excluding hydrogens is 245 g/mol. The van der Waals surface area contributed by atoms with Gasteiger partial charge in [0.15, 0.2) is 0 Å². The molecule has 0 bridgehead atoms. The molecule has 1 aromatic heterocycles. The van der Waals surface area contributed by atoms with Crippen LogP contribution in [0.4, 0.5) is 4.39 Å². The van der Waals surface area contributed by atoms with Gasteiger partial charge in [-0.05, 0) is 44.0 Å². The first-order chi connectivity index (χ1) is 9.06. The number of hydrogen-bond donors (Lipinski definition) is 1. The van der Waals surface area contributed by atoms with Crippen LogP contribution in [0.5, 0.6) is 0 Å². The molecule has 1 amide bonds. The van der Waals surface area contributed by atoms with Crippen LogP contribution in [0, 0.1) is 19.7 Å². The molecule has 0 fully saturated rings. The first kappa shape index (κ1) is 13.3. The van der Waals surface area contributed by atoms with E-state index in [2.05, 4.69) is 5.32 Å². The Balaban J connectivity index is 1.87. The molecular formula is C15H16FNO2. The molecule has 0 radical (unpaired) electrons. The highest BCUT2D eigenvalue weighted by atomic mass is 19.1. The summed E-state index contributed by atoms with van der Waals surface area (Å²) >= 11 is 0. The van der Waals surface area contributed by atoms with E-state index in [-0.39, 0.29) is 11.7 Å². The van der Waals surface area contributed by atoms with Crippen molar-refractivity contribution in [3.8, 4) is 0 Å². The first-order valence-corrected chi connectivity index (χ1v) is 6.16. The van der Waals surface area contributed by atoms with E-state index in [0.29, 0.717) is 24.3 Å². The summed E-state index contributed by atoms with van der Waals surface area (Å²) in [5.74, 6) is 0.951. The fraction of sp³-hybridized carbons (Fsp3) is 0.267. The maximum atomic E-state index is 12.7. The minimum Gasteiger partial charge on any atom is -0.466 e. The van der Waals surface area contributed by atoms with Crippen molar-refractivity contribution < 1.29 is 13.6 Å². The highest BCUT2D eigenvalue weighted by molar-refractivity contribution is 5.95. The molecule has 1 aromatic carbocycles. The summed E-state index contributed by atoms with van der Waals surface area (Å²) in [4.78, 5) is 11.9. The minimum absolute atomic E-state index is 0.142. The van der Waals surface area contributed by atoms with Crippen LogP contribution in [0.3, 0.4) is 0 Å². The summed E-state index contributed by atoms with van der Waals surface area (Å²) in [6.07, 6.45) is 0.669. The Morgan fingerprint density at radius 3 is 2.53 bits per heavy atom. The van der Waals surface area contributed by atoms with Crippen LogP contribution >= 0.6 is 0 Å². The largest absolute Gasteiger partial charge is 0.466 e. The second-order valence-electron chi connectivity index (χ2n) is 4.46. The molecule has 1 heterocycles. The van der Waals surface area contributed by atoms with Gasteiger partial charge in [-0.2, -0.15) is 0 Å². The van der Waals surface area contributed by atoms with E-state index in [1.165, 1.54) is 12.1 Å². The van der Waals surface area contributed by atoms with Crippen molar-refractivity contribution in [3.63, 3.8) is 0 Å². The predicted octanol–water partition coefficient (Wildman–Crippen LogP) is 3.01. The zero-order valence-corrected chi connectivity index (χ0v) is 11.0. The lowest BCUT2D eigenvalue weighted by Crippen LogP contribution is -2.25. The number of aryl methyl sites for hydroxylation is 2. The zero-order chi connectivity index (χ0) is 13.8. The van der Waals surface area contributed by atoms with E-state index in [1.807, 2.05) is 6.92 Å². The second-order valence-corrected chi connectivity index (χ2v) is 4.46. The maximum Gasteiger partial charge on any atom is 0.254 e. The van der Waals surface area contributed by atoms with Crippen LogP contribution in [0.25, 0.3) is 0 Å². The van der Waals surface area contributed by atoms with Gasteiger partial charge in [0.05, 0.1) is 5.56 Å². The van der Waals surface area contributed by atoms with E-state index >= 15 is 0 Å². The molecule has 3 nitrogen and oxygen atoms in total. The van der Waals surface area contributed by atoms with Gasteiger partial charge in [0.1, 0.15) is 17.3 Å². The molecule has 0 atom stereocenters. The summed E-state index contributed by atoms with van der Waals surface area (Å²) in [7, 11) is 0. The molecule has 2 rings (SSSR count). The molecule has 0 saturated carbocycles. The lowest BCUT2D eigenvalue weighted by molar-refractivity contribution is 0.0952. The van der Waals surface area contributed by atoms with Crippen LogP contribution in [0.2, 0.25) is 0 Å². The molecule has 0 saturated heterocycles. The molecule has 2 aromatic rings. The second kappa shape index (κ2) is 5.69. The number of benzene rings is 1. The van der Waals surface area contributed by atoms with Crippen molar-refractivity contribution in [3.05, 3.63) is 58.8 Å². The minimum atomic E-state index is -0.253. The Kier molecular flexibility index (Phi) is 4.00. The van der Waals surface area contributed by atoms with Crippen LogP contribution in [-0.2, 0) is 6.42 Å². The van der Waals surface area contributed by atoms with Gasteiger partial charge >= 0.3 is 0 Å².